The van der Waals surface area contributed by atoms with E-state index in [0.717, 1.165) is 0 Å². The zero-order chi connectivity index (χ0) is 2.99. The van der Waals surface area contributed by atoms with Gasteiger partial charge in [0.05, 0.1) is 0 Å². The van der Waals surface area contributed by atoms with Crippen molar-refractivity contribution in [3.8, 4) is 0 Å². The third-order valence-electron chi connectivity index (χ3n) is 0.273. The van der Waals surface area contributed by atoms with Gasteiger partial charge in [-0.15, -0.1) is 0 Å². The minimum Gasteiger partial charge on any atom is -0.359 e. The van der Waals surface area contributed by atoms with Crippen molar-refractivity contribution < 1.29 is 9.84 Å². The molecular formula is C2H3O2. The minimum atomic E-state index is 0.167. The molecule has 1 rings (SSSR count). The van der Waals surface area contributed by atoms with Crippen LogP contribution in [0.2, 0.25) is 0 Å². The van der Waals surface area contributed by atoms with Gasteiger partial charge in [0.1, 0.15) is 6.61 Å². The van der Waals surface area contributed by atoms with E-state index < -0.39 is 0 Å². The summed E-state index contributed by atoms with van der Waals surface area (Å²) in [6.45, 7) is 0.458. The van der Waals surface area contributed by atoms with Crippen molar-refractivity contribution in [2.45, 2.75) is 0 Å². The predicted octanol–water partition coefficient (Wildman–Crippen LogP) is -0.121. The van der Waals surface area contributed by atoms with Crippen molar-refractivity contribution in [1.29, 1.82) is 0 Å². The van der Waals surface area contributed by atoms with E-state index >= 15 is 0 Å². The van der Waals surface area contributed by atoms with Gasteiger partial charge >= 0.3 is 0 Å². The number of epoxide rings is 1. The number of ether oxygens (including phenoxy) is 1. The topological polar surface area (TPSA) is 32.8 Å². The Morgan fingerprint density at radius 1 is 2.00 bits per heavy atom. The number of rotatable bonds is 0. The Bertz CT molecular complexity index is 23.2. The first-order valence-electron chi connectivity index (χ1n) is 1.07. The molecule has 0 atom stereocenters. The van der Waals surface area contributed by atoms with Crippen molar-refractivity contribution in [3.05, 3.63) is 6.29 Å². The summed E-state index contributed by atoms with van der Waals surface area (Å²) in [6.07, 6.45) is 0.167. The fourth-order valence-corrected chi connectivity index (χ4v) is 0.0323. The Morgan fingerprint density at radius 3 is 2.25 bits per heavy atom. The average molecular weight is 59.0 g/mol. The molecule has 0 aromatic rings. The predicted molar refractivity (Wildman–Crippen MR) is 11.1 cm³/mol. The van der Waals surface area contributed by atoms with Gasteiger partial charge in [-0.1, -0.05) is 0 Å². The molecule has 0 saturated carbocycles. The van der Waals surface area contributed by atoms with Crippen molar-refractivity contribution in [1.82, 2.24) is 0 Å². The van der Waals surface area contributed by atoms with Crippen LogP contribution in [0.5, 0.6) is 0 Å². The molecule has 1 heterocycles. The van der Waals surface area contributed by atoms with Crippen LogP contribution in [0.25, 0.3) is 0 Å². The second kappa shape index (κ2) is 0.445. The molecular weight excluding hydrogens is 56.0 g/mol. The smallest absolute Gasteiger partial charge is 0.248 e. The van der Waals surface area contributed by atoms with Crippen molar-refractivity contribution in [2.24, 2.45) is 0 Å². The quantitative estimate of drug-likeness (QED) is 0.394. The van der Waals surface area contributed by atoms with Crippen molar-refractivity contribution in [3.63, 3.8) is 0 Å². The van der Waals surface area contributed by atoms with Crippen LogP contribution >= 0.6 is 0 Å². The number of hydrogen-bond donors (Lipinski definition) is 1. The summed E-state index contributed by atoms with van der Waals surface area (Å²) in [4.78, 5) is 0. The minimum absolute atomic E-state index is 0.167. The molecule has 0 bridgehead atoms. The second-order valence-electron chi connectivity index (χ2n) is 0.682. The normalized spacial score (nSPS) is 26.2. The van der Waals surface area contributed by atoms with Gasteiger partial charge in [-0.05, 0) is 0 Å². The summed E-state index contributed by atoms with van der Waals surface area (Å²) < 4.78 is 4.18. The van der Waals surface area contributed by atoms with E-state index in [0.29, 0.717) is 6.61 Å². The number of aliphatic hydroxyl groups is 1. The molecule has 0 amide bonds. The fourth-order valence-electron chi connectivity index (χ4n) is 0.0323. The summed E-state index contributed by atoms with van der Waals surface area (Å²) in [7, 11) is 0. The highest BCUT2D eigenvalue weighted by Gasteiger charge is 2.19. The van der Waals surface area contributed by atoms with Crippen molar-refractivity contribution in [2.75, 3.05) is 6.61 Å². The SMILES string of the molecule is O[C]1CO1. The van der Waals surface area contributed by atoms with Crippen LogP contribution in [0.3, 0.4) is 0 Å². The van der Waals surface area contributed by atoms with Gasteiger partial charge in [-0.2, -0.15) is 0 Å². The molecule has 1 N–H and O–H groups in total. The lowest BCUT2D eigenvalue weighted by molar-refractivity contribution is 0.255. The maximum atomic E-state index is 7.86. The Balaban J connectivity index is 2.17. The Labute approximate surface area is 24.0 Å². The zero-order valence-corrected chi connectivity index (χ0v) is 2.06. The largest absolute Gasteiger partial charge is 0.359 e. The molecule has 0 aromatic carbocycles. The van der Waals surface area contributed by atoms with Crippen LogP contribution in [0.15, 0.2) is 0 Å². The van der Waals surface area contributed by atoms with Crippen LogP contribution in [0, 0.1) is 6.29 Å². The highest BCUT2D eigenvalue weighted by Crippen LogP contribution is 2.11. The van der Waals surface area contributed by atoms with E-state index in [2.05, 4.69) is 4.74 Å². The van der Waals surface area contributed by atoms with E-state index in [1.807, 2.05) is 0 Å². The summed E-state index contributed by atoms with van der Waals surface area (Å²) in [5.74, 6) is 0. The molecule has 1 radical (unpaired) electrons. The van der Waals surface area contributed by atoms with Gasteiger partial charge in [0.2, 0.25) is 6.29 Å². The molecule has 1 aliphatic heterocycles. The van der Waals surface area contributed by atoms with Gasteiger partial charge < -0.3 is 9.84 Å². The number of hydrogen-bond acceptors (Lipinski definition) is 2. The fraction of sp³-hybridized carbons (Fsp3) is 0.500. The summed E-state index contributed by atoms with van der Waals surface area (Å²) in [6, 6.07) is 0. The Hall–Kier alpha value is -0.0800. The van der Waals surface area contributed by atoms with Gasteiger partial charge in [0.15, 0.2) is 0 Å². The summed E-state index contributed by atoms with van der Waals surface area (Å²) in [5.41, 5.74) is 0. The first kappa shape index (κ1) is 2.18. The highest BCUT2D eigenvalue weighted by atomic mass is 16.7. The van der Waals surface area contributed by atoms with E-state index in [-0.39, 0.29) is 6.29 Å². The van der Waals surface area contributed by atoms with E-state index in [1.54, 1.807) is 0 Å². The van der Waals surface area contributed by atoms with E-state index in [4.69, 9.17) is 5.11 Å². The molecule has 0 spiro atoms. The maximum Gasteiger partial charge on any atom is 0.248 e. The molecule has 23 valence electrons. The van der Waals surface area contributed by atoms with E-state index in [9.17, 15) is 0 Å². The Morgan fingerprint density at radius 2 is 2.25 bits per heavy atom. The molecule has 0 unspecified atom stereocenters. The molecule has 2 nitrogen and oxygen atoms in total. The molecule has 2 heteroatoms. The maximum absolute atomic E-state index is 7.86. The van der Waals surface area contributed by atoms with Crippen LogP contribution in [-0.4, -0.2) is 11.7 Å². The van der Waals surface area contributed by atoms with Gasteiger partial charge in [0, 0.05) is 0 Å². The molecule has 1 aliphatic rings. The molecule has 4 heavy (non-hydrogen) atoms. The summed E-state index contributed by atoms with van der Waals surface area (Å²) >= 11 is 0. The van der Waals surface area contributed by atoms with Gasteiger partial charge in [-0.25, -0.2) is 0 Å². The first-order chi connectivity index (χ1) is 1.89. The van der Waals surface area contributed by atoms with Crippen LogP contribution in [0.4, 0.5) is 0 Å². The van der Waals surface area contributed by atoms with Crippen molar-refractivity contribution >= 4 is 0 Å². The summed E-state index contributed by atoms with van der Waals surface area (Å²) in [5, 5.41) is 7.86. The highest BCUT2D eigenvalue weighted by molar-refractivity contribution is 4.73. The second-order valence-corrected chi connectivity index (χ2v) is 0.682. The lowest BCUT2D eigenvalue weighted by atomic mass is 10.9. The van der Waals surface area contributed by atoms with Gasteiger partial charge in [0.25, 0.3) is 0 Å². The van der Waals surface area contributed by atoms with Gasteiger partial charge in [-0.3, -0.25) is 0 Å². The van der Waals surface area contributed by atoms with E-state index in [1.165, 1.54) is 0 Å². The molecule has 0 aliphatic carbocycles. The molecule has 1 saturated heterocycles. The third-order valence-corrected chi connectivity index (χ3v) is 0.273. The molecule has 0 aromatic heterocycles. The lowest BCUT2D eigenvalue weighted by Crippen LogP contribution is -1.55. The Kier molecular flexibility index (Phi) is 0.242. The van der Waals surface area contributed by atoms with Crippen LogP contribution in [0.1, 0.15) is 0 Å². The number of aliphatic hydroxyl groups excluding tert-OH is 1. The molecule has 1 fully saturated rings. The monoisotopic (exact) mass is 59.0 g/mol. The lowest BCUT2D eigenvalue weighted by Gasteiger charge is -1.51. The van der Waals surface area contributed by atoms with Crippen LogP contribution in [-0.2, 0) is 4.74 Å². The average Bonchev–Trinajstić information content (AvgIpc) is 1.75. The standard InChI is InChI=1S/C2H3O2/c3-2-1-4-2/h3H,1H2. The van der Waals surface area contributed by atoms with Crippen LogP contribution < -0.4 is 0 Å². The third kappa shape index (κ3) is 0.191. The first-order valence-corrected chi connectivity index (χ1v) is 1.07. The zero-order valence-electron chi connectivity index (χ0n) is 2.06.